The number of hydrogen-bond donors (Lipinski definition) is 2. The Balaban J connectivity index is 1.58. The Morgan fingerprint density at radius 2 is 2.03 bits per heavy atom. The minimum atomic E-state index is -0.700. The van der Waals surface area contributed by atoms with E-state index in [9.17, 15) is 9.18 Å². The molecule has 1 atom stereocenters. The molecule has 1 fully saturated rings. The molecule has 1 unspecified atom stereocenters. The molecule has 1 aromatic carbocycles. The average Bonchev–Trinajstić information content (AvgIpc) is 3.03. The highest BCUT2D eigenvalue weighted by atomic mass is 35.5. The number of aromatic nitrogens is 3. The second kappa shape index (κ2) is 8.55. The summed E-state index contributed by atoms with van der Waals surface area (Å²) in [5.41, 5.74) is 1.41. The zero-order valence-corrected chi connectivity index (χ0v) is 17.1. The lowest BCUT2D eigenvalue weighted by Gasteiger charge is -2.41. The van der Waals surface area contributed by atoms with Gasteiger partial charge in [-0.25, -0.2) is 4.39 Å². The molecule has 1 aliphatic rings. The van der Waals surface area contributed by atoms with E-state index in [1.165, 1.54) is 0 Å². The van der Waals surface area contributed by atoms with E-state index in [-0.39, 0.29) is 5.56 Å². The standard InChI is InChI=1S/C21H25ClFN5O/c1-2-3-17(27-12-15(23)13-27)9-11-28-18-8-10-24-21(29)19(18)20(26-28)25-16-6-4-14(22)5-7-16/h4-8,10,15,17H,2-3,9,11-13H2,1H3,(H,24,29)(H,25,26). The number of aromatic amines is 1. The summed E-state index contributed by atoms with van der Waals surface area (Å²) in [7, 11) is 0. The van der Waals surface area contributed by atoms with E-state index in [0.717, 1.165) is 30.5 Å². The molecule has 6 nitrogen and oxygen atoms in total. The Morgan fingerprint density at radius 3 is 2.72 bits per heavy atom. The summed E-state index contributed by atoms with van der Waals surface area (Å²) >= 11 is 5.96. The van der Waals surface area contributed by atoms with Crippen molar-refractivity contribution in [3.8, 4) is 0 Å². The highest BCUT2D eigenvalue weighted by molar-refractivity contribution is 6.30. The van der Waals surface area contributed by atoms with Crippen LogP contribution >= 0.6 is 11.6 Å². The van der Waals surface area contributed by atoms with Gasteiger partial charge in [-0.15, -0.1) is 0 Å². The van der Waals surface area contributed by atoms with E-state index in [4.69, 9.17) is 11.6 Å². The van der Waals surface area contributed by atoms with Gasteiger partial charge in [-0.3, -0.25) is 14.4 Å². The van der Waals surface area contributed by atoms with Crippen molar-refractivity contribution in [3.63, 3.8) is 0 Å². The van der Waals surface area contributed by atoms with E-state index in [1.54, 1.807) is 18.3 Å². The van der Waals surface area contributed by atoms with Crippen LogP contribution in [0.5, 0.6) is 0 Å². The van der Waals surface area contributed by atoms with Gasteiger partial charge < -0.3 is 10.3 Å². The fourth-order valence-corrected chi connectivity index (χ4v) is 4.06. The van der Waals surface area contributed by atoms with Crippen molar-refractivity contribution in [2.75, 3.05) is 18.4 Å². The van der Waals surface area contributed by atoms with Crippen molar-refractivity contribution < 1.29 is 4.39 Å². The third-order valence-corrected chi connectivity index (χ3v) is 5.71. The number of hydrogen-bond acceptors (Lipinski definition) is 4. The number of fused-ring (bicyclic) bond motifs is 1. The first-order chi connectivity index (χ1) is 14.0. The zero-order chi connectivity index (χ0) is 20.4. The lowest BCUT2D eigenvalue weighted by Crippen LogP contribution is -2.53. The summed E-state index contributed by atoms with van der Waals surface area (Å²) in [5, 5.41) is 9.08. The van der Waals surface area contributed by atoms with Gasteiger partial charge in [-0.05, 0) is 43.2 Å². The first kappa shape index (κ1) is 19.9. The molecule has 0 bridgehead atoms. The molecule has 2 aromatic heterocycles. The number of nitrogens with one attached hydrogen (secondary N) is 2. The summed E-state index contributed by atoms with van der Waals surface area (Å²) < 4.78 is 15.2. The van der Waals surface area contributed by atoms with Crippen LogP contribution in [-0.4, -0.2) is 45.0 Å². The normalized spacial score (nSPS) is 16.1. The minimum absolute atomic E-state index is 0.182. The van der Waals surface area contributed by atoms with Crippen molar-refractivity contribution in [1.29, 1.82) is 0 Å². The maximum atomic E-state index is 13.3. The number of rotatable bonds is 8. The molecule has 2 N–H and O–H groups in total. The Labute approximate surface area is 173 Å². The Morgan fingerprint density at radius 1 is 1.28 bits per heavy atom. The molecule has 0 spiro atoms. The number of anilines is 2. The lowest BCUT2D eigenvalue weighted by molar-refractivity contribution is 0.0192. The van der Waals surface area contributed by atoms with Crippen molar-refractivity contribution >= 4 is 34.0 Å². The van der Waals surface area contributed by atoms with Gasteiger partial charge in [-0.1, -0.05) is 24.9 Å². The third kappa shape index (κ3) is 4.31. The second-order valence-electron chi connectivity index (χ2n) is 7.55. The molecule has 3 aromatic rings. The molecule has 4 rings (SSSR count). The number of nitrogens with zero attached hydrogens (tertiary/aromatic N) is 3. The molecule has 8 heteroatoms. The predicted octanol–water partition coefficient (Wildman–Crippen LogP) is 4.33. The topological polar surface area (TPSA) is 66.0 Å². The molecule has 0 amide bonds. The van der Waals surface area contributed by atoms with E-state index >= 15 is 0 Å². The maximum absolute atomic E-state index is 13.3. The fourth-order valence-electron chi connectivity index (χ4n) is 3.93. The molecule has 154 valence electrons. The van der Waals surface area contributed by atoms with Crippen molar-refractivity contribution in [2.24, 2.45) is 0 Å². The van der Waals surface area contributed by atoms with Gasteiger partial charge in [0.1, 0.15) is 11.6 Å². The van der Waals surface area contributed by atoms with Crippen molar-refractivity contribution in [3.05, 3.63) is 51.9 Å². The highest BCUT2D eigenvalue weighted by Crippen LogP contribution is 2.26. The number of alkyl halides is 1. The monoisotopic (exact) mass is 417 g/mol. The SMILES string of the molecule is CCCC(CCn1nc(Nc2ccc(Cl)cc2)c2c(=O)[nH]ccc21)N1CC(F)C1. The number of halogens is 2. The van der Waals surface area contributed by atoms with Gasteiger partial charge in [0.05, 0.1) is 5.52 Å². The molecular weight excluding hydrogens is 393 g/mol. The second-order valence-corrected chi connectivity index (χ2v) is 7.99. The van der Waals surface area contributed by atoms with E-state index in [1.807, 2.05) is 22.9 Å². The Kier molecular flexibility index (Phi) is 5.87. The number of aryl methyl sites for hydroxylation is 1. The van der Waals surface area contributed by atoms with Crippen LogP contribution in [0.25, 0.3) is 10.9 Å². The van der Waals surface area contributed by atoms with Gasteiger partial charge >= 0.3 is 0 Å². The first-order valence-electron chi connectivity index (χ1n) is 10.0. The van der Waals surface area contributed by atoms with Gasteiger partial charge in [0, 0.05) is 42.6 Å². The number of pyridine rings is 1. The minimum Gasteiger partial charge on any atom is -0.338 e. The van der Waals surface area contributed by atoms with Gasteiger partial charge in [0.25, 0.3) is 5.56 Å². The molecular formula is C21H25ClFN5O. The largest absolute Gasteiger partial charge is 0.338 e. The number of H-pyrrole nitrogens is 1. The molecule has 0 saturated carbocycles. The Bertz CT molecular complexity index is 1030. The third-order valence-electron chi connectivity index (χ3n) is 5.46. The van der Waals surface area contributed by atoms with Crippen molar-refractivity contribution in [2.45, 2.75) is 44.9 Å². The molecule has 0 aliphatic carbocycles. The Hall–Kier alpha value is -2.38. The van der Waals surface area contributed by atoms with Crippen LogP contribution in [0.3, 0.4) is 0 Å². The van der Waals surface area contributed by atoms with Crippen LogP contribution in [0.15, 0.2) is 41.3 Å². The van der Waals surface area contributed by atoms with Crippen LogP contribution in [0.4, 0.5) is 15.9 Å². The van der Waals surface area contributed by atoms with Crippen molar-refractivity contribution in [1.82, 2.24) is 19.7 Å². The summed E-state index contributed by atoms with van der Waals surface area (Å²) in [4.78, 5) is 17.4. The van der Waals surface area contributed by atoms with Crippen LogP contribution < -0.4 is 10.9 Å². The van der Waals surface area contributed by atoms with E-state index < -0.39 is 6.17 Å². The van der Waals surface area contributed by atoms with Crippen LogP contribution in [0.1, 0.15) is 26.2 Å². The van der Waals surface area contributed by atoms with Gasteiger partial charge in [0.2, 0.25) is 0 Å². The molecule has 1 aliphatic heterocycles. The predicted molar refractivity (Wildman–Crippen MR) is 115 cm³/mol. The first-order valence-corrected chi connectivity index (χ1v) is 10.4. The molecule has 0 radical (unpaired) electrons. The number of likely N-dealkylation sites (tertiary alicyclic amines) is 1. The lowest BCUT2D eigenvalue weighted by atomic mass is 10.0. The summed E-state index contributed by atoms with van der Waals surface area (Å²) in [6.45, 7) is 3.86. The summed E-state index contributed by atoms with van der Waals surface area (Å²) in [6.07, 6.45) is 3.89. The average molecular weight is 418 g/mol. The van der Waals surface area contributed by atoms with Gasteiger partial charge in [-0.2, -0.15) is 5.10 Å². The highest BCUT2D eigenvalue weighted by Gasteiger charge is 2.31. The molecule has 29 heavy (non-hydrogen) atoms. The maximum Gasteiger partial charge on any atom is 0.261 e. The van der Waals surface area contributed by atoms with Gasteiger partial charge in [0.15, 0.2) is 5.82 Å². The summed E-state index contributed by atoms with van der Waals surface area (Å²) in [5.74, 6) is 0.518. The van der Waals surface area contributed by atoms with Crippen LogP contribution in [0.2, 0.25) is 5.02 Å². The quantitative estimate of drug-likeness (QED) is 0.572. The fraction of sp³-hybridized carbons (Fsp3) is 0.429. The summed E-state index contributed by atoms with van der Waals surface area (Å²) in [6, 6.07) is 9.47. The van der Waals surface area contributed by atoms with Crippen LogP contribution in [-0.2, 0) is 6.54 Å². The zero-order valence-electron chi connectivity index (χ0n) is 16.4. The van der Waals surface area contributed by atoms with E-state index in [0.29, 0.717) is 41.9 Å². The molecule has 3 heterocycles. The molecule has 1 saturated heterocycles. The van der Waals surface area contributed by atoms with E-state index in [2.05, 4.69) is 27.2 Å². The smallest absolute Gasteiger partial charge is 0.261 e. The number of benzene rings is 1. The van der Waals surface area contributed by atoms with Crippen LogP contribution in [0, 0.1) is 0 Å².